The van der Waals surface area contributed by atoms with E-state index < -0.39 is 49.6 Å². The summed E-state index contributed by atoms with van der Waals surface area (Å²) in [4.78, 5) is 37.9. The van der Waals surface area contributed by atoms with Crippen LogP contribution in [-0.2, 0) is 19.4 Å². The lowest BCUT2D eigenvalue weighted by atomic mass is 10.1. The molecule has 12 heteroatoms. The number of carbonyl (C=O) groups excluding carboxylic acids is 2. The molecule has 0 spiro atoms. The van der Waals surface area contributed by atoms with Crippen LogP contribution in [0.5, 0.6) is 0 Å². The highest BCUT2D eigenvalue weighted by atomic mass is 32.2. The summed E-state index contributed by atoms with van der Waals surface area (Å²) in [7, 11) is -3.88. The molecule has 1 heterocycles. The van der Waals surface area contributed by atoms with Crippen LogP contribution in [0.2, 0.25) is 0 Å². The number of nitriles is 1. The molecule has 2 aromatic rings. The highest BCUT2D eigenvalue weighted by Gasteiger charge is 2.27. The molecule has 1 atom stereocenters. The van der Waals surface area contributed by atoms with Crippen molar-refractivity contribution < 1.29 is 27.7 Å². The van der Waals surface area contributed by atoms with Crippen LogP contribution in [0.3, 0.4) is 0 Å². The van der Waals surface area contributed by atoms with E-state index in [1.165, 1.54) is 0 Å². The lowest BCUT2D eigenvalue weighted by Gasteiger charge is -2.08. The van der Waals surface area contributed by atoms with E-state index >= 15 is 0 Å². The molecule has 0 aliphatic carbocycles. The Balaban J connectivity index is 2.17. The number of hydrogen-bond donors (Lipinski definition) is 0. The molecular formula is C16H13N3O7S2. The minimum atomic E-state index is -3.88. The van der Waals surface area contributed by atoms with Crippen molar-refractivity contribution in [2.24, 2.45) is 0 Å². The number of nitro groups is 1. The van der Waals surface area contributed by atoms with Gasteiger partial charge in [-0.1, -0.05) is 0 Å². The van der Waals surface area contributed by atoms with Gasteiger partial charge in [0.05, 0.1) is 16.6 Å². The van der Waals surface area contributed by atoms with E-state index in [1.54, 1.807) is 18.4 Å². The fourth-order valence-corrected chi connectivity index (χ4v) is 3.86. The van der Waals surface area contributed by atoms with E-state index in [9.17, 15) is 28.1 Å². The third-order valence-electron chi connectivity index (χ3n) is 3.47. The number of Topliss-reactive ketones (excluding diaryl/α,β-unsaturated/α-hetero) is 1. The van der Waals surface area contributed by atoms with Gasteiger partial charge in [-0.3, -0.25) is 14.9 Å². The lowest BCUT2D eigenvalue weighted by Crippen LogP contribution is -2.20. The third kappa shape index (κ3) is 4.76. The van der Waals surface area contributed by atoms with Crippen molar-refractivity contribution >= 4 is 38.6 Å². The molecule has 0 saturated carbocycles. The first-order chi connectivity index (χ1) is 13.0. The van der Waals surface area contributed by atoms with Gasteiger partial charge in [-0.15, -0.1) is 11.3 Å². The summed E-state index contributed by atoms with van der Waals surface area (Å²) in [5, 5.41) is 22.2. The largest absolute Gasteiger partial charge is 0.454 e. The molecule has 10 nitrogen and oxygen atoms in total. The van der Waals surface area contributed by atoms with E-state index in [0.29, 0.717) is 5.69 Å². The number of ether oxygens (including phenoxy) is 1. The number of nitrogens with zero attached hydrogens (tertiary/aromatic N) is 3. The highest BCUT2D eigenvalue weighted by molar-refractivity contribution is 7.90. The minimum absolute atomic E-state index is 0.272. The van der Waals surface area contributed by atoms with Crippen molar-refractivity contribution in [1.29, 1.82) is 5.26 Å². The molecule has 28 heavy (non-hydrogen) atoms. The van der Waals surface area contributed by atoms with Crippen LogP contribution >= 0.6 is 11.3 Å². The highest BCUT2D eigenvalue weighted by Crippen LogP contribution is 2.25. The van der Waals surface area contributed by atoms with Gasteiger partial charge in [0.1, 0.15) is 9.90 Å². The van der Waals surface area contributed by atoms with Gasteiger partial charge in [-0.05, 0) is 19.1 Å². The Labute approximate surface area is 163 Å². The molecule has 0 aliphatic rings. The summed E-state index contributed by atoms with van der Waals surface area (Å²) < 4.78 is 28.0. The Bertz CT molecular complexity index is 1100. The molecule has 0 amide bonds. The van der Waals surface area contributed by atoms with Gasteiger partial charge in [0.15, 0.2) is 28.1 Å². The Kier molecular flexibility index (Phi) is 6.22. The molecular weight excluding hydrogens is 410 g/mol. The number of carbonyl (C=O) groups is 2. The molecule has 2 rings (SSSR count). The number of thiazole rings is 1. The van der Waals surface area contributed by atoms with Crippen LogP contribution in [0, 0.1) is 28.4 Å². The van der Waals surface area contributed by atoms with Crippen LogP contribution in [0.4, 0.5) is 5.69 Å². The van der Waals surface area contributed by atoms with Crippen molar-refractivity contribution in [1.82, 2.24) is 4.98 Å². The predicted molar refractivity (Wildman–Crippen MR) is 96.7 cm³/mol. The average Bonchev–Trinajstić information content (AvgIpc) is 3.04. The summed E-state index contributed by atoms with van der Waals surface area (Å²) in [6.07, 6.45) is 0.800. The first-order valence-electron chi connectivity index (χ1n) is 7.54. The molecule has 1 unspecified atom stereocenters. The fourth-order valence-electron chi connectivity index (χ4n) is 2.17. The van der Waals surface area contributed by atoms with Crippen LogP contribution in [0.15, 0.2) is 28.5 Å². The van der Waals surface area contributed by atoms with Crippen LogP contribution < -0.4 is 0 Å². The van der Waals surface area contributed by atoms with E-state index in [0.717, 1.165) is 35.8 Å². The van der Waals surface area contributed by atoms with E-state index in [-0.39, 0.29) is 10.6 Å². The quantitative estimate of drug-likeness (QED) is 0.368. The molecule has 0 N–H and O–H groups in total. The number of aromatic nitrogens is 1. The summed E-state index contributed by atoms with van der Waals surface area (Å²) in [5.74, 6) is -2.97. The summed E-state index contributed by atoms with van der Waals surface area (Å²) in [5.41, 5.74) is -0.440. The molecule has 1 aromatic carbocycles. The molecule has 0 bridgehead atoms. The Morgan fingerprint density at radius 1 is 1.43 bits per heavy atom. The standard InChI is InChI=1S/C16H13N3O7S2/c1-9-8-27-15(18-9)11(6-17)13(20)7-26-16(21)10-3-4-14(28(2,24)25)12(5-10)19(22)23/h3-5,8,11H,7H2,1-2H3. The van der Waals surface area contributed by atoms with Crippen LogP contribution in [-0.4, -0.2) is 42.9 Å². The predicted octanol–water partition coefficient (Wildman–Crippen LogP) is 1.80. The maximum absolute atomic E-state index is 12.2. The van der Waals surface area contributed by atoms with Gasteiger partial charge in [-0.25, -0.2) is 18.2 Å². The number of rotatable bonds is 7. The Morgan fingerprint density at radius 3 is 2.61 bits per heavy atom. The number of benzene rings is 1. The molecule has 1 aromatic heterocycles. The zero-order valence-electron chi connectivity index (χ0n) is 14.6. The van der Waals surface area contributed by atoms with Gasteiger partial charge in [-0.2, -0.15) is 5.26 Å². The Morgan fingerprint density at radius 2 is 2.11 bits per heavy atom. The van der Waals surface area contributed by atoms with E-state index in [4.69, 9.17) is 10.00 Å². The zero-order valence-corrected chi connectivity index (χ0v) is 16.2. The third-order valence-corrected chi connectivity index (χ3v) is 5.64. The molecule has 146 valence electrons. The van der Waals surface area contributed by atoms with Gasteiger partial charge in [0.2, 0.25) is 0 Å². The van der Waals surface area contributed by atoms with Gasteiger partial charge in [0.25, 0.3) is 5.69 Å². The van der Waals surface area contributed by atoms with Crippen molar-refractivity contribution in [3.8, 4) is 6.07 Å². The first kappa shape index (κ1) is 21.1. The van der Waals surface area contributed by atoms with Crippen molar-refractivity contribution in [2.75, 3.05) is 12.9 Å². The zero-order chi connectivity index (χ0) is 21.1. The second-order valence-corrected chi connectivity index (χ2v) is 8.52. The number of aryl methyl sites for hydroxylation is 1. The smallest absolute Gasteiger partial charge is 0.338 e. The molecule has 0 saturated heterocycles. The van der Waals surface area contributed by atoms with Crippen molar-refractivity contribution in [3.05, 3.63) is 50.0 Å². The molecule has 0 aliphatic heterocycles. The Hall–Kier alpha value is -3.17. The second kappa shape index (κ2) is 8.24. The number of sulfone groups is 1. The normalized spacial score (nSPS) is 12.0. The first-order valence-corrected chi connectivity index (χ1v) is 10.3. The molecule has 0 radical (unpaired) electrons. The van der Waals surface area contributed by atoms with Gasteiger partial charge < -0.3 is 4.74 Å². The summed E-state index contributed by atoms with van der Waals surface area (Å²) in [6.45, 7) is 0.962. The number of nitro benzene ring substituents is 1. The fraction of sp³-hybridized carbons (Fsp3) is 0.250. The summed E-state index contributed by atoms with van der Waals surface area (Å²) in [6, 6.07) is 4.52. The van der Waals surface area contributed by atoms with E-state index in [1.807, 2.05) is 0 Å². The average molecular weight is 423 g/mol. The van der Waals surface area contributed by atoms with Gasteiger partial charge in [0, 0.05) is 23.4 Å². The monoisotopic (exact) mass is 423 g/mol. The summed E-state index contributed by atoms with van der Waals surface area (Å²) >= 11 is 1.12. The maximum atomic E-state index is 12.2. The number of ketones is 1. The van der Waals surface area contributed by atoms with Crippen LogP contribution in [0.1, 0.15) is 27.0 Å². The topological polar surface area (TPSA) is 157 Å². The maximum Gasteiger partial charge on any atom is 0.338 e. The number of esters is 1. The van der Waals surface area contributed by atoms with Crippen molar-refractivity contribution in [2.45, 2.75) is 17.7 Å². The SMILES string of the molecule is Cc1csc(C(C#N)C(=O)COC(=O)c2ccc(S(C)(=O)=O)c([N+](=O)[O-])c2)n1. The molecule has 0 fully saturated rings. The number of hydrogen-bond acceptors (Lipinski definition) is 10. The minimum Gasteiger partial charge on any atom is -0.454 e. The van der Waals surface area contributed by atoms with E-state index in [2.05, 4.69) is 4.98 Å². The van der Waals surface area contributed by atoms with Crippen LogP contribution in [0.25, 0.3) is 0 Å². The van der Waals surface area contributed by atoms with Gasteiger partial charge >= 0.3 is 5.97 Å². The second-order valence-electron chi connectivity index (χ2n) is 5.64. The lowest BCUT2D eigenvalue weighted by molar-refractivity contribution is -0.387. The van der Waals surface area contributed by atoms with Crippen molar-refractivity contribution in [3.63, 3.8) is 0 Å².